The van der Waals surface area contributed by atoms with Gasteiger partial charge in [0.25, 0.3) is 0 Å². The fraction of sp³-hybridized carbons (Fsp3) is 0.900. The lowest BCUT2D eigenvalue weighted by molar-refractivity contribution is -0.150. The predicted molar refractivity (Wildman–Crippen MR) is 51.5 cm³/mol. The molecule has 1 aliphatic carbocycles. The second-order valence-electron chi connectivity index (χ2n) is 4.12. The van der Waals surface area contributed by atoms with E-state index in [1.54, 1.807) is 0 Å². The van der Waals surface area contributed by atoms with Gasteiger partial charge in [-0.2, -0.15) is 0 Å². The van der Waals surface area contributed by atoms with Gasteiger partial charge in [-0.1, -0.05) is 6.42 Å². The molecule has 0 spiro atoms. The number of hydrogen-bond acceptors (Lipinski definition) is 3. The molecule has 3 heteroatoms. The van der Waals surface area contributed by atoms with Crippen molar-refractivity contribution in [1.82, 2.24) is 5.32 Å². The summed E-state index contributed by atoms with van der Waals surface area (Å²) in [6.07, 6.45) is 3.64. The first-order chi connectivity index (χ1) is 6.06. The molecule has 1 N–H and O–H groups in total. The second kappa shape index (κ2) is 4.09. The Labute approximate surface area is 79.8 Å². The first kappa shape index (κ1) is 10.5. The fourth-order valence-corrected chi connectivity index (χ4v) is 1.43. The molecule has 13 heavy (non-hydrogen) atoms. The SMILES string of the molecule is CCOC(=O)C(C)(C)NC1CCC1. The van der Waals surface area contributed by atoms with Gasteiger partial charge >= 0.3 is 5.97 Å². The van der Waals surface area contributed by atoms with Crippen LogP contribution in [0.5, 0.6) is 0 Å². The van der Waals surface area contributed by atoms with E-state index in [0.717, 1.165) is 0 Å². The summed E-state index contributed by atoms with van der Waals surface area (Å²) in [5.41, 5.74) is -0.527. The van der Waals surface area contributed by atoms with Crippen LogP contribution in [0, 0.1) is 0 Å². The lowest BCUT2D eigenvalue weighted by Gasteiger charge is -2.34. The zero-order chi connectivity index (χ0) is 9.90. The Kier molecular flexibility index (Phi) is 3.31. The molecule has 0 aromatic rings. The summed E-state index contributed by atoms with van der Waals surface area (Å²) < 4.78 is 4.97. The molecular formula is C10H19NO2. The van der Waals surface area contributed by atoms with Crippen molar-refractivity contribution in [1.29, 1.82) is 0 Å². The van der Waals surface area contributed by atoms with Crippen LogP contribution in [0.15, 0.2) is 0 Å². The first-order valence-electron chi connectivity index (χ1n) is 5.01. The van der Waals surface area contributed by atoms with E-state index in [0.29, 0.717) is 12.6 Å². The van der Waals surface area contributed by atoms with Gasteiger partial charge in [0.2, 0.25) is 0 Å². The summed E-state index contributed by atoms with van der Waals surface area (Å²) >= 11 is 0. The van der Waals surface area contributed by atoms with E-state index in [4.69, 9.17) is 4.74 Å². The molecule has 0 amide bonds. The topological polar surface area (TPSA) is 38.3 Å². The van der Waals surface area contributed by atoms with Crippen LogP contribution in [0.2, 0.25) is 0 Å². The minimum absolute atomic E-state index is 0.151. The molecule has 0 atom stereocenters. The number of carbonyl (C=O) groups is 1. The molecule has 1 rings (SSSR count). The van der Waals surface area contributed by atoms with Crippen molar-refractivity contribution >= 4 is 5.97 Å². The van der Waals surface area contributed by atoms with Crippen molar-refractivity contribution in [3.8, 4) is 0 Å². The summed E-state index contributed by atoms with van der Waals surface area (Å²) in [7, 11) is 0. The van der Waals surface area contributed by atoms with E-state index in [2.05, 4.69) is 5.32 Å². The van der Waals surface area contributed by atoms with E-state index in [9.17, 15) is 4.79 Å². The normalized spacial score (nSPS) is 18.1. The lowest BCUT2D eigenvalue weighted by Crippen LogP contribution is -2.54. The van der Waals surface area contributed by atoms with Gasteiger partial charge in [0.1, 0.15) is 5.54 Å². The van der Waals surface area contributed by atoms with Crippen molar-refractivity contribution < 1.29 is 9.53 Å². The van der Waals surface area contributed by atoms with Crippen LogP contribution in [0.25, 0.3) is 0 Å². The maximum absolute atomic E-state index is 11.5. The highest BCUT2D eigenvalue weighted by atomic mass is 16.5. The quantitative estimate of drug-likeness (QED) is 0.674. The van der Waals surface area contributed by atoms with Crippen molar-refractivity contribution in [3.63, 3.8) is 0 Å². The third-order valence-corrected chi connectivity index (χ3v) is 2.46. The third kappa shape index (κ3) is 2.69. The Morgan fingerprint density at radius 3 is 2.54 bits per heavy atom. The van der Waals surface area contributed by atoms with E-state index >= 15 is 0 Å². The molecule has 1 saturated carbocycles. The van der Waals surface area contributed by atoms with Crippen molar-refractivity contribution in [2.75, 3.05) is 6.61 Å². The van der Waals surface area contributed by atoms with Gasteiger partial charge in [-0.25, -0.2) is 0 Å². The lowest BCUT2D eigenvalue weighted by atomic mass is 9.90. The van der Waals surface area contributed by atoms with Gasteiger partial charge in [0, 0.05) is 6.04 Å². The summed E-state index contributed by atoms with van der Waals surface area (Å²) in [5, 5.41) is 3.30. The van der Waals surface area contributed by atoms with Crippen LogP contribution < -0.4 is 5.32 Å². The van der Waals surface area contributed by atoms with Crippen LogP contribution in [0.4, 0.5) is 0 Å². The van der Waals surface area contributed by atoms with Crippen LogP contribution in [-0.4, -0.2) is 24.2 Å². The first-order valence-corrected chi connectivity index (χ1v) is 5.01. The highest BCUT2D eigenvalue weighted by Gasteiger charge is 2.33. The molecule has 0 aromatic carbocycles. The maximum Gasteiger partial charge on any atom is 0.325 e. The summed E-state index contributed by atoms with van der Waals surface area (Å²) in [5.74, 6) is -0.151. The van der Waals surface area contributed by atoms with Crippen molar-refractivity contribution in [2.24, 2.45) is 0 Å². The van der Waals surface area contributed by atoms with Gasteiger partial charge in [-0.15, -0.1) is 0 Å². The molecule has 76 valence electrons. The number of esters is 1. The Balaban J connectivity index is 2.38. The molecule has 0 saturated heterocycles. The molecule has 1 fully saturated rings. The number of hydrogen-bond donors (Lipinski definition) is 1. The fourth-order valence-electron chi connectivity index (χ4n) is 1.43. The standard InChI is InChI=1S/C10H19NO2/c1-4-13-9(12)10(2,3)11-8-6-5-7-8/h8,11H,4-7H2,1-3H3. The number of rotatable bonds is 4. The van der Waals surface area contributed by atoms with E-state index in [1.807, 2.05) is 20.8 Å². The molecular weight excluding hydrogens is 166 g/mol. The Hall–Kier alpha value is -0.570. The smallest absolute Gasteiger partial charge is 0.325 e. The molecule has 0 unspecified atom stereocenters. The molecule has 0 aliphatic heterocycles. The van der Waals surface area contributed by atoms with Crippen LogP contribution in [0.1, 0.15) is 40.0 Å². The number of nitrogens with one attached hydrogen (secondary N) is 1. The highest BCUT2D eigenvalue weighted by molar-refractivity contribution is 5.79. The molecule has 0 bridgehead atoms. The second-order valence-corrected chi connectivity index (χ2v) is 4.12. The zero-order valence-corrected chi connectivity index (χ0v) is 8.72. The van der Waals surface area contributed by atoms with Crippen molar-refractivity contribution in [3.05, 3.63) is 0 Å². The molecule has 0 radical (unpaired) electrons. The minimum atomic E-state index is -0.527. The molecule has 3 nitrogen and oxygen atoms in total. The van der Waals surface area contributed by atoms with E-state index < -0.39 is 5.54 Å². The highest BCUT2D eigenvalue weighted by Crippen LogP contribution is 2.21. The van der Waals surface area contributed by atoms with Crippen LogP contribution >= 0.6 is 0 Å². The molecule has 0 heterocycles. The van der Waals surface area contributed by atoms with Gasteiger partial charge in [0.15, 0.2) is 0 Å². The number of carbonyl (C=O) groups excluding carboxylic acids is 1. The van der Waals surface area contributed by atoms with Crippen LogP contribution in [0.3, 0.4) is 0 Å². The molecule has 0 aromatic heterocycles. The Morgan fingerprint density at radius 1 is 1.54 bits per heavy atom. The van der Waals surface area contributed by atoms with Crippen LogP contribution in [-0.2, 0) is 9.53 Å². The Morgan fingerprint density at radius 2 is 2.15 bits per heavy atom. The van der Waals surface area contributed by atoms with Gasteiger partial charge in [-0.05, 0) is 33.6 Å². The summed E-state index contributed by atoms with van der Waals surface area (Å²) in [6.45, 7) is 6.04. The number of ether oxygens (including phenoxy) is 1. The van der Waals surface area contributed by atoms with Gasteiger partial charge in [0.05, 0.1) is 6.61 Å². The Bertz CT molecular complexity index is 185. The average molecular weight is 185 g/mol. The largest absolute Gasteiger partial charge is 0.465 e. The predicted octanol–water partition coefficient (Wildman–Crippen LogP) is 1.47. The monoisotopic (exact) mass is 185 g/mol. The van der Waals surface area contributed by atoms with Gasteiger partial charge in [-0.3, -0.25) is 10.1 Å². The third-order valence-electron chi connectivity index (χ3n) is 2.46. The van der Waals surface area contributed by atoms with E-state index in [1.165, 1.54) is 19.3 Å². The van der Waals surface area contributed by atoms with E-state index in [-0.39, 0.29) is 5.97 Å². The zero-order valence-electron chi connectivity index (χ0n) is 8.72. The maximum atomic E-state index is 11.5. The average Bonchev–Trinajstić information content (AvgIpc) is 1.98. The molecule has 1 aliphatic rings. The van der Waals surface area contributed by atoms with Gasteiger partial charge < -0.3 is 4.74 Å². The minimum Gasteiger partial charge on any atom is -0.465 e. The van der Waals surface area contributed by atoms with Crippen molar-refractivity contribution in [2.45, 2.75) is 51.6 Å². The summed E-state index contributed by atoms with van der Waals surface area (Å²) in [6, 6.07) is 0.513. The summed E-state index contributed by atoms with van der Waals surface area (Å²) in [4.78, 5) is 11.5.